The number of hydrogen-bond acceptors (Lipinski definition) is 5. The number of amides is 1. The molecule has 2 aromatic rings. The summed E-state index contributed by atoms with van der Waals surface area (Å²) < 4.78 is 51.3. The third-order valence-corrected chi connectivity index (χ3v) is 5.17. The summed E-state index contributed by atoms with van der Waals surface area (Å²) in [6.07, 6.45) is -3.61. The molecule has 0 radical (unpaired) electrons. The number of alkyl halides is 3. The van der Waals surface area contributed by atoms with Crippen molar-refractivity contribution in [3.8, 4) is 0 Å². The van der Waals surface area contributed by atoms with E-state index in [0.29, 0.717) is 26.2 Å². The number of rotatable bonds is 6. The summed E-state index contributed by atoms with van der Waals surface area (Å²) in [5.74, 6) is -1.22. The Labute approximate surface area is 181 Å². The molecule has 0 spiro atoms. The average Bonchev–Trinajstić information content (AvgIpc) is 2.94. The van der Waals surface area contributed by atoms with Crippen molar-refractivity contribution in [1.29, 1.82) is 0 Å². The topological polar surface area (TPSA) is 78.7 Å². The Kier molecular flexibility index (Phi) is 7.41. The zero-order valence-corrected chi connectivity index (χ0v) is 17.1. The van der Waals surface area contributed by atoms with Gasteiger partial charge in [-0.05, 0) is 49.3 Å². The van der Waals surface area contributed by atoms with Gasteiger partial charge in [-0.25, -0.2) is 4.39 Å². The average molecular weight is 454 g/mol. The van der Waals surface area contributed by atoms with Gasteiger partial charge in [-0.3, -0.25) is 24.7 Å². The molecule has 0 aliphatic carbocycles. The Hall–Kier alpha value is -3.05. The maximum Gasteiger partial charge on any atom is 0.416 e. The summed E-state index contributed by atoms with van der Waals surface area (Å²) in [6.45, 7) is 3.04. The van der Waals surface area contributed by atoms with Gasteiger partial charge in [0.2, 0.25) is 5.91 Å². The van der Waals surface area contributed by atoms with Gasteiger partial charge in [-0.2, -0.15) is 13.2 Å². The van der Waals surface area contributed by atoms with Crippen LogP contribution in [0, 0.1) is 15.9 Å². The van der Waals surface area contributed by atoms with Crippen molar-refractivity contribution in [1.82, 2.24) is 9.80 Å². The quantitative estimate of drug-likeness (QED) is 0.407. The number of benzene rings is 2. The van der Waals surface area contributed by atoms with Crippen LogP contribution in [0.4, 0.5) is 28.9 Å². The highest BCUT2D eigenvalue weighted by atomic mass is 19.4. The highest BCUT2D eigenvalue weighted by Crippen LogP contribution is 2.29. The summed E-state index contributed by atoms with van der Waals surface area (Å²) in [5, 5.41) is 13.5. The normalized spacial score (nSPS) is 15.9. The molecule has 1 fully saturated rings. The van der Waals surface area contributed by atoms with Crippen molar-refractivity contribution < 1.29 is 27.3 Å². The molecular formula is C21H22F4N4O3. The first-order chi connectivity index (χ1) is 15.1. The SMILES string of the molecule is O=C(CN1CCCN(Cc2ccc(C(F)(F)F)cc2)CC1)Nc1ccc(F)cc1[N+](=O)[O-]. The third kappa shape index (κ3) is 6.47. The van der Waals surface area contributed by atoms with Crippen LogP contribution < -0.4 is 5.32 Å². The lowest BCUT2D eigenvalue weighted by molar-refractivity contribution is -0.384. The predicted molar refractivity (Wildman–Crippen MR) is 109 cm³/mol. The second-order valence-electron chi connectivity index (χ2n) is 7.57. The first-order valence-electron chi connectivity index (χ1n) is 9.96. The molecule has 1 heterocycles. The summed E-state index contributed by atoms with van der Waals surface area (Å²) >= 11 is 0. The van der Waals surface area contributed by atoms with Crippen molar-refractivity contribution in [3.63, 3.8) is 0 Å². The number of hydrogen-bond donors (Lipinski definition) is 1. The van der Waals surface area contributed by atoms with Crippen LogP contribution >= 0.6 is 0 Å². The summed E-state index contributed by atoms with van der Waals surface area (Å²) in [5.41, 5.74) is -0.499. The molecule has 0 unspecified atom stereocenters. The van der Waals surface area contributed by atoms with Gasteiger partial charge in [0.25, 0.3) is 5.69 Å². The highest BCUT2D eigenvalue weighted by molar-refractivity contribution is 5.94. The lowest BCUT2D eigenvalue weighted by atomic mass is 10.1. The van der Waals surface area contributed by atoms with Gasteiger partial charge >= 0.3 is 6.18 Å². The van der Waals surface area contributed by atoms with E-state index in [0.717, 1.165) is 48.9 Å². The third-order valence-electron chi connectivity index (χ3n) is 5.17. The maximum absolute atomic E-state index is 13.2. The molecular weight excluding hydrogens is 432 g/mol. The van der Waals surface area contributed by atoms with Gasteiger partial charge in [0.05, 0.1) is 23.1 Å². The Balaban J connectivity index is 1.52. The van der Waals surface area contributed by atoms with Crippen molar-refractivity contribution >= 4 is 17.3 Å². The van der Waals surface area contributed by atoms with E-state index in [2.05, 4.69) is 10.2 Å². The molecule has 11 heteroatoms. The predicted octanol–water partition coefficient (Wildman–Crippen LogP) is 3.90. The number of nitrogens with one attached hydrogen (secondary N) is 1. The summed E-state index contributed by atoms with van der Waals surface area (Å²) in [7, 11) is 0. The first-order valence-corrected chi connectivity index (χ1v) is 9.96. The number of carbonyl (C=O) groups excluding carboxylic acids is 1. The Morgan fingerprint density at radius 1 is 1.03 bits per heavy atom. The van der Waals surface area contributed by atoms with E-state index in [1.54, 1.807) is 0 Å². The zero-order valence-electron chi connectivity index (χ0n) is 17.1. The maximum atomic E-state index is 13.2. The molecule has 0 bridgehead atoms. The van der Waals surface area contributed by atoms with E-state index in [9.17, 15) is 32.5 Å². The van der Waals surface area contributed by atoms with Crippen LogP contribution in [0.5, 0.6) is 0 Å². The molecule has 1 amide bonds. The Morgan fingerprint density at radius 3 is 2.34 bits per heavy atom. The molecule has 1 N–H and O–H groups in total. The molecule has 1 aliphatic rings. The van der Waals surface area contributed by atoms with E-state index in [1.807, 2.05) is 4.90 Å². The van der Waals surface area contributed by atoms with Crippen LogP contribution in [0.2, 0.25) is 0 Å². The Morgan fingerprint density at radius 2 is 1.69 bits per heavy atom. The van der Waals surface area contributed by atoms with Crippen LogP contribution in [0.3, 0.4) is 0 Å². The van der Waals surface area contributed by atoms with Crippen molar-refractivity contribution in [2.75, 3.05) is 38.0 Å². The fraction of sp³-hybridized carbons (Fsp3) is 0.381. The number of nitrogens with zero attached hydrogens (tertiary/aromatic N) is 3. The molecule has 1 saturated heterocycles. The molecule has 172 valence electrons. The zero-order chi connectivity index (χ0) is 23.3. The van der Waals surface area contributed by atoms with Gasteiger partial charge in [-0.1, -0.05) is 12.1 Å². The standard InChI is InChI=1S/C21H22F4N4O3/c22-17-6-7-18(19(12-17)29(31)32)26-20(30)14-28-9-1-8-27(10-11-28)13-15-2-4-16(5-3-15)21(23,24)25/h2-7,12H,1,8-11,13-14H2,(H,26,30). The van der Waals surface area contributed by atoms with Crippen LogP contribution in [0.15, 0.2) is 42.5 Å². The number of nitro groups is 1. The number of halogens is 4. The second-order valence-corrected chi connectivity index (χ2v) is 7.57. The summed E-state index contributed by atoms with van der Waals surface area (Å²) in [4.78, 5) is 26.7. The molecule has 0 saturated carbocycles. The lowest BCUT2D eigenvalue weighted by Gasteiger charge is -2.21. The monoisotopic (exact) mass is 454 g/mol. The molecule has 3 rings (SSSR count). The van der Waals surface area contributed by atoms with E-state index < -0.39 is 34.1 Å². The minimum absolute atomic E-state index is 0.0165. The van der Waals surface area contributed by atoms with Gasteiger partial charge < -0.3 is 5.32 Å². The number of nitro benzene ring substituents is 1. The smallest absolute Gasteiger partial charge is 0.319 e. The number of carbonyl (C=O) groups is 1. The van der Waals surface area contributed by atoms with Crippen LogP contribution in [-0.2, 0) is 17.5 Å². The van der Waals surface area contributed by atoms with Crippen LogP contribution in [0.1, 0.15) is 17.5 Å². The van der Waals surface area contributed by atoms with Gasteiger partial charge in [0.15, 0.2) is 0 Å². The van der Waals surface area contributed by atoms with E-state index in [-0.39, 0.29) is 12.2 Å². The molecule has 2 aromatic carbocycles. The van der Waals surface area contributed by atoms with Crippen molar-refractivity contribution in [2.24, 2.45) is 0 Å². The minimum Gasteiger partial charge on any atom is -0.319 e. The van der Waals surface area contributed by atoms with Crippen molar-refractivity contribution in [2.45, 2.75) is 19.1 Å². The van der Waals surface area contributed by atoms with Gasteiger partial charge in [0.1, 0.15) is 11.5 Å². The molecule has 7 nitrogen and oxygen atoms in total. The number of anilines is 1. The van der Waals surface area contributed by atoms with Gasteiger partial charge in [-0.15, -0.1) is 0 Å². The van der Waals surface area contributed by atoms with Gasteiger partial charge in [0, 0.05) is 19.6 Å². The fourth-order valence-electron chi connectivity index (χ4n) is 3.55. The molecule has 32 heavy (non-hydrogen) atoms. The fourth-order valence-corrected chi connectivity index (χ4v) is 3.55. The van der Waals surface area contributed by atoms with E-state index in [4.69, 9.17) is 0 Å². The highest BCUT2D eigenvalue weighted by Gasteiger charge is 2.30. The lowest BCUT2D eigenvalue weighted by Crippen LogP contribution is -2.36. The van der Waals surface area contributed by atoms with Crippen LogP contribution in [-0.4, -0.2) is 53.4 Å². The van der Waals surface area contributed by atoms with E-state index in [1.165, 1.54) is 12.1 Å². The Bertz CT molecular complexity index is 967. The first kappa shape index (κ1) is 23.6. The minimum atomic E-state index is -4.36. The molecule has 0 aromatic heterocycles. The van der Waals surface area contributed by atoms with Crippen molar-refractivity contribution in [3.05, 3.63) is 69.5 Å². The van der Waals surface area contributed by atoms with E-state index >= 15 is 0 Å². The molecule has 1 aliphatic heterocycles. The molecule has 0 atom stereocenters. The van der Waals surface area contributed by atoms with Crippen LogP contribution in [0.25, 0.3) is 0 Å². The largest absolute Gasteiger partial charge is 0.416 e. The summed E-state index contributed by atoms with van der Waals surface area (Å²) in [6, 6.07) is 8.01. The second kappa shape index (κ2) is 10.0.